The first-order valence-corrected chi connectivity index (χ1v) is 11.6. The van der Waals surface area contributed by atoms with Gasteiger partial charge in [-0.3, -0.25) is 0 Å². The molecule has 0 fully saturated rings. The monoisotopic (exact) mass is 432 g/mol. The number of benzene rings is 2. The van der Waals surface area contributed by atoms with Crippen molar-refractivity contribution < 1.29 is 13.2 Å². The minimum Gasteiger partial charge on any atom is -0.497 e. The van der Waals surface area contributed by atoms with Gasteiger partial charge >= 0.3 is 0 Å². The van der Waals surface area contributed by atoms with Crippen molar-refractivity contribution in [1.29, 1.82) is 0 Å². The van der Waals surface area contributed by atoms with Crippen LogP contribution in [0, 0.1) is 0 Å². The van der Waals surface area contributed by atoms with Gasteiger partial charge in [-0.05, 0) is 61.7 Å². The highest BCUT2D eigenvalue weighted by atomic mass is 32.2. The molecule has 7 nitrogen and oxygen atoms in total. The van der Waals surface area contributed by atoms with E-state index < -0.39 is 10.0 Å². The van der Waals surface area contributed by atoms with Crippen molar-refractivity contribution in [1.82, 2.24) is 15.4 Å². The van der Waals surface area contributed by atoms with E-state index in [4.69, 9.17) is 4.74 Å². The average Bonchev–Trinajstić information content (AvgIpc) is 2.77. The molecule has 0 aliphatic carbocycles. The number of aliphatic imine (C=N–C) groups is 1. The van der Waals surface area contributed by atoms with Gasteiger partial charge in [0, 0.05) is 13.1 Å². The first kappa shape index (κ1) is 23.7. The van der Waals surface area contributed by atoms with Crippen molar-refractivity contribution in [2.75, 3.05) is 27.2 Å². The van der Waals surface area contributed by atoms with E-state index in [2.05, 4.69) is 39.4 Å². The fraction of sp³-hybridized carbons (Fsp3) is 0.409. The summed E-state index contributed by atoms with van der Waals surface area (Å²) in [4.78, 5) is 4.83. The van der Waals surface area contributed by atoms with Crippen LogP contribution in [0.3, 0.4) is 0 Å². The van der Waals surface area contributed by atoms with E-state index in [0.717, 1.165) is 30.8 Å². The molecule has 164 valence electrons. The van der Waals surface area contributed by atoms with Crippen LogP contribution in [0.4, 0.5) is 0 Å². The zero-order valence-electron chi connectivity index (χ0n) is 18.1. The van der Waals surface area contributed by atoms with E-state index in [1.54, 1.807) is 25.3 Å². The molecule has 0 saturated heterocycles. The number of hydrogen-bond donors (Lipinski definition) is 3. The number of ether oxygens (including phenoxy) is 1. The summed E-state index contributed by atoms with van der Waals surface area (Å²) in [5.41, 5.74) is 2.09. The lowest BCUT2D eigenvalue weighted by atomic mass is 9.98. The summed E-state index contributed by atoms with van der Waals surface area (Å²) in [7, 11) is -0.392. The molecular formula is C22H32N4O3S. The number of nitrogens with zero attached hydrogens (tertiary/aromatic N) is 1. The molecule has 3 N–H and O–H groups in total. The van der Waals surface area contributed by atoms with Gasteiger partial charge in [-0.2, -0.15) is 0 Å². The maximum atomic E-state index is 12.0. The zero-order chi connectivity index (χ0) is 22.0. The van der Waals surface area contributed by atoms with Gasteiger partial charge in [0.2, 0.25) is 10.0 Å². The molecule has 0 saturated carbocycles. The fourth-order valence-corrected chi connectivity index (χ4v) is 3.75. The lowest BCUT2D eigenvalue weighted by Crippen LogP contribution is -2.38. The van der Waals surface area contributed by atoms with E-state index in [1.165, 1.54) is 12.6 Å². The van der Waals surface area contributed by atoms with Crippen LogP contribution in [0.2, 0.25) is 0 Å². The first-order chi connectivity index (χ1) is 14.4. The number of sulfonamides is 1. The summed E-state index contributed by atoms with van der Waals surface area (Å²) < 4.78 is 31.5. The second kappa shape index (κ2) is 11.6. The van der Waals surface area contributed by atoms with Gasteiger partial charge in [0.25, 0.3) is 0 Å². The second-order valence-electron chi connectivity index (χ2n) is 6.94. The molecule has 0 aromatic heterocycles. The Bertz CT molecular complexity index is 928. The molecule has 0 aliphatic heterocycles. The topological polar surface area (TPSA) is 91.8 Å². The van der Waals surface area contributed by atoms with Gasteiger partial charge in [-0.25, -0.2) is 18.1 Å². The van der Waals surface area contributed by atoms with Crippen molar-refractivity contribution in [2.24, 2.45) is 4.99 Å². The molecule has 2 aromatic carbocycles. The maximum Gasteiger partial charge on any atom is 0.240 e. The molecule has 0 heterocycles. The van der Waals surface area contributed by atoms with Crippen molar-refractivity contribution in [3.05, 3.63) is 59.7 Å². The number of nitrogens with one attached hydrogen (secondary N) is 3. The van der Waals surface area contributed by atoms with Crippen LogP contribution in [0.5, 0.6) is 5.75 Å². The molecule has 0 spiro atoms. The Morgan fingerprint density at radius 2 is 1.87 bits per heavy atom. The van der Waals surface area contributed by atoms with Crippen molar-refractivity contribution >= 4 is 16.0 Å². The Morgan fingerprint density at radius 1 is 1.13 bits per heavy atom. The zero-order valence-corrected chi connectivity index (χ0v) is 18.9. The van der Waals surface area contributed by atoms with Gasteiger partial charge in [-0.1, -0.05) is 31.2 Å². The van der Waals surface area contributed by atoms with E-state index in [-0.39, 0.29) is 4.90 Å². The third-order valence-electron chi connectivity index (χ3n) is 4.80. The first-order valence-electron chi connectivity index (χ1n) is 10.1. The molecule has 2 rings (SSSR count). The molecule has 1 unspecified atom stereocenters. The lowest BCUT2D eigenvalue weighted by Gasteiger charge is -2.15. The summed E-state index contributed by atoms with van der Waals surface area (Å²) in [5.74, 6) is 1.97. The average molecular weight is 433 g/mol. The van der Waals surface area contributed by atoms with Crippen molar-refractivity contribution in [3.8, 4) is 5.75 Å². The largest absolute Gasteiger partial charge is 0.497 e. The van der Waals surface area contributed by atoms with E-state index in [0.29, 0.717) is 18.4 Å². The van der Waals surface area contributed by atoms with Crippen LogP contribution < -0.4 is 20.1 Å². The predicted octanol–water partition coefficient (Wildman–Crippen LogP) is 2.85. The van der Waals surface area contributed by atoms with Crippen LogP contribution in [0.25, 0.3) is 0 Å². The highest BCUT2D eigenvalue weighted by molar-refractivity contribution is 7.89. The maximum absolute atomic E-state index is 12.0. The smallest absolute Gasteiger partial charge is 0.240 e. The third-order valence-corrected chi connectivity index (χ3v) is 6.21. The number of guanidine groups is 1. The Hall–Kier alpha value is -2.58. The van der Waals surface area contributed by atoms with E-state index in [9.17, 15) is 8.42 Å². The highest BCUT2D eigenvalue weighted by Crippen LogP contribution is 2.21. The van der Waals surface area contributed by atoms with Crippen LogP contribution >= 0.6 is 0 Å². The fourth-order valence-electron chi connectivity index (χ4n) is 2.95. The van der Waals surface area contributed by atoms with Crippen LogP contribution in [0.15, 0.2) is 58.4 Å². The van der Waals surface area contributed by atoms with Gasteiger partial charge in [-0.15, -0.1) is 0 Å². The summed E-state index contributed by atoms with van der Waals surface area (Å²) >= 11 is 0. The van der Waals surface area contributed by atoms with Crippen LogP contribution in [0.1, 0.15) is 37.3 Å². The summed E-state index contributed by atoms with van der Waals surface area (Å²) in [6, 6.07) is 15.0. The van der Waals surface area contributed by atoms with Gasteiger partial charge < -0.3 is 15.4 Å². The van der Waals surface area contributed by atoms with Crippen LogP contribution in [-0.4, -0.2) is 41.6 Å². The minimum absolute atomic E-state index is 0.240. The number of methoxy groups -OCH3 is 1. The number of rotatable bonds is 10. The molecule has 30 heavy (non-hydrogen) atoms. The Morgan fingerprint density at radius 3 is 2.50 bits per heavy atom. The molecule has 8 heteroatoms. The highest BCUT2D eigenvalue weighted by Gasteiger charge is 2.11. The summed E-state index contributed by atoms with van der Waals surface area (Å²) in [6.45, 7) is 6.11. The van der Waals surface area contributed by atoms with Gasteiger partial charge in [0.05, 0.1) is 18.6 Å². The Labute approximate surface area is 180 Å². The third kappa shape index (κ3) is 7.03. The molecular weight excluding hydrogens is 400 g/mol. The molecule has 1 atom stereocenters. The summed E-state index contributed by atoms with van der Waals surface area (Å²) in [6.07, 6.45) is 0.951. The minimum atomic E-state index is -3.46. The quantitative estimate of drug-likeness (QED) is 0.397. The van der Waals surface area contributed by atoms with Crippen molar-refractivity contribution in [3.63, 3.8) is 0 Å². The molecule has 0 bridgehead atoms. The number of hydrogen-bond acceptors (Lipinski definition) is 4. The molecule has 0 amide bonds. The van der Waals surface area contributed by atoms with E-state index in [1.807, 2.05) is 25.1 Å². The Kier molecular flexibility index (Phi) is 9.14. The van der Waals surface area contributed by atoms with Crippen LogP contribution in [-0.2, 0) is 16.6 Å². The summed E-state index contributed by atoms with van der Waals surface area (Å²) in [5, 5.41) is 6.58. The molecule has 2 aromatic rings. The lowest BCUT2D eigenvalue weighted by molar-refractivity contribution is 0.414. The van der Waals surface area contributed by atoms with Crippen molar-refractivity contribution in [2.45, 2.75) is 37.6 Å². The molecule has 0 aliphatic rings. The SMILES string of the molecule is CCNC(=NCc1cccc(S(=O)(=O)NC)c1)NCCC(C)c1ccc(OC)cc1. The van der Waals surface area contributed by atoms with Gasteiger partial charge in [0.1, 0.15) is 5.75 Å². The van der Waals surface area contributed by atoms with Gasteiger partial charge in [0.15, 0.2) is 5.96 Å². The molecule has 0 radical (unpaired) electrons. The van der Waals surface area contributed by atoms with E-state index >= 15 is 0 Å². The second-order valence-corrected chi connectivity index (χ2v) is 8.83. The predicted molar refractivity (Wildman–Crippen MR) is 122 cm³/mol. The normalized spacial score (nSPS) is 13.0. The Balaban J connectivity index is 1.95. The standard InChI is InChI=1S/C22H32N4O3S/c1-5-24-22(25-14-13-17(2)19-9-11-20(29-4)12-10-19)26-16-18-7-6-8-21(15-18)30(27,28)23-3/h6-12,15,17,23H,5,13-14,16H2,1-4H3,(H2,24,25,26).